The third-order valence-corrected chi connectivity index (χ3v) is 8.16. The van der Waals surface area contributed by atoms with Gasteiger partial charge in [0.15, 0.2) is 0 Å². The van der Waals surface area contributed by atoms with Gasteiger partial charge < -0.3 is 0 Å². The van der Waals surface area contributed by atoms with E-state index < -0.39 is 49.0 Å². The van der Waals surface area contributed by atoms with Crippen molar-refractivity contribution in [2.75, 3.05) is 13.1 Å². The molecule has 0 amide bonds. The minimum atomic E-state index is -4.00. The quantitative estimate of drug-likeness (QED) is 0.789. The SMILES string of the molecule is O=S(=O)(Cc1c(F)cccc1F)N[C@@H]1CCCN(S(=O)(=O)C2CC2)C1. The van der Waals surface area contributed by atoms with Crippen LogP contribution in [0.5, 0.6) is 0 Å². The number of rotatable bonds is 6. The highest BCUT2D eigenvalue weighted by Crippen LogP contribution is 2.32. The summed E-state index contributed by atoms with van der Waals surface area (Å²) in [4.78, 5) is 0. The molecule has 1 N–H and O–H groups in total. The molecule has 1 aliphatic carbocycles. The summed E-state index contributed by atoms with van der Waals surface area (Å²) in [6, 6.07) is 2.56. The van der Waals surface area contributed by atoms with E-state index in [0.717, 1.165) is 18.2 Å². The van der Waals surface area contributed by atoms with E-state index in [1.165, 1.54) is 4.31 Å². The molecule has 140 valence electrons. The van der Waals surface area contributed by atoms with Crippen LogP contribution in [-0.4, -0.2) is 45.5 Å². The molecule has 2 fully saturated rings. The van der Waals surface area contributed by atoms with Crippen molar-refractivity contribution in [3.63, 3.8) is 0 Å². The van der Waals surface area contributed by atoms with Crippen LogP contribution >= 0.6 is 0 Å². The smallest absolute Gasteiger partial charge is 0.212 e. The van der Waals surface area contributed by atoms with Gasteiger partial charge in [0, 0.05) is 24.7 Å². The number of hydrogen-bond donors (Lipinski definition) is 1. The van der Waals surface area contributed by atoms with E-state index in [9.17, 15) is 25.6 Å². The number of nitrogens with zero attached hydrogens (tertiary/aromatic N) is 1. The van der Waals surface area contributed by atoms with Crippen molar-refractivity contribution in [3.05, 3.63) is 35.4 Å². The summed E-state index contributed by atoms with van der Waals surface area (Å²) in [5.41, 5.74) is -0.520. The van der Waals surface area contributed by atoms with Gasteiger partial charge in [0.25, 0.3) is 0 Å². The van der Waals surface area contributed by atoms with E-state index in [4.69, 9.17) is 0 Å². The minimum Gasteiger partial charge on any atom is -0.212 e. The molecule has 0 radical (unpaired) electrons. The average Bonchev–Trinajstić information content (AvgIpc) is 3.36. The highest BCUT2D eigenvalue weighted by atomic mass is 32.2. The summed E-state index contributed by atoms with van der Waals surface area (Å²) in [6.07, 6.45) is 2.30. The lowest BCUT2D eigenvalue weighted by Gasteiger charge is -2.32. The summed E-state index contributed by atoms with van der Waals surface area (Å²) in [5, 5.41) is -0.352. The molecule has 0 unspecified atom stereocenters. The molecular weight excluding hydrogens is 374 g/mol. The Hall–Kier alpha value is -1.10. The van der Waals surface area contributed by atoms with E-state index in [-0.39, 0.29) is 11.8 Å². The van der Waals surface area contributed by atoms with Crippen molar-refractivity contribution in [2.24, 2.45) is 0 Å². The van der Waals surface area contributed by atoms with Crippen LogP contribution in [0, 0.1) is 11.6 Å². The van der Waals surface area contributed by atoms with Crippen LogP contribution in [0.15, 0.2) is 18.2 Å². The predicted molar refractivity (Wildman–Crippen MR) is 88.7 cm³/mol. The highest BCUT2D eigenvalue weighted by Gasteiger charge is 2.42. The second-order valence-electron chi connectivity index (χ2n) is 6.52. The van der Waals surface area contributed by atoms with Crippen molar-refractivity contribution in [3.8, 4) is 0 Å². The Morgan fingerprint density at radius 1 is 1.08 bits per heavy atom. The molecule has 1 atom stereocenters. The molecule has 1 aromatic rings. The van der Waals surface area contributed by atoms with Gasteiger partial charge in [-0.25, -0.2) is 34.6 Å². The van der Waals surface area contributed by atoms with Crippen molar-refractivity contribution >= 4 is 20.0 Å². The molecule has 1 saturated heterocycles. The summed E-state index contributed by atoms with van der Waals surface area (Å²) < 4.78 is 80.1. The van der Waals surface area contributed by atoms with E-state index in [0.29, 0.717) is 32.2 Å². The van der Waals surface area contributed by atoms with Crippen LogP contribution in [0.25, 0.3) is 0 Å². The van der Waals surface area contributed by atoms with Crippen LogP contribution in [-0.2, 0) is 25.8 Å². The Labute approximate surface area is 146 Å². The Kier molecular flexibility index (Phi) is 5.16. The molecule has 10 heteroatoms. The third-order valence-electron chi connectivity index (χ3n) is 4.43. The van der Waals surface area contributed by atoms with E-state index in [1.54, 1.807) is 0 Å². The van der Waals surface area contributed by atoms with Gasteiger partial charge in [0.2, 0.25) is 20.0 Å². The molecule has 2 aliphatic rings. The van der Waals surface area contributed by atoms with Gasteiger partial charge in [0.05, 0.1) is 11.0 Å². The molecule has 1 aromatic carbocycles. The normalized spacial score (nSPS) is 22.9. The molecule has 0 aromatic heterocycles. The molecule has 0 spiro atoms. The Morgan fingerprint density at radius 3 is 2.32 bits per heavy atom. The van der Waals surface area contributed by atoms with Gasteiger partial charge in [0.1, 0.15) is 11.6 Å². The van der Waals surface area contributed by atoms with Gasteiger partial charge in [-0.2, -0.15) is 0 Å². The fraction of sp³-hybridized carbons (Fsp3) is 0.600. The monoisotopic (exact) mass is 394 g/mol. The number of nitrogens with one attached hydrogen (secondary N) is 1. The topological polar surface area (TPSA) is 83.6 Å². The summed E-state index contributed by atoms with van der Waals surface area (Å²) >= 11 is 0. The molecule has 1 aliphatic heterocycles. The fourth-order valence-electron chi connectivity index (χ4n) is 3.00. The van der Waals surface area contributed by atoms with Gasteiger partial charge in [-0.15, -0.1) is 0 Å². The van der Waals surface area contributed by atoms with Crippen LogP contribution in [0.1, 0.15) is 31.2 Å². The zero-order chi connectivity index (χ0) is 18.2. The first-order valence-electron chi connectivity index (χ1n) is 8.11. The van der Waals surface area contributed by atoms with Crippen molar-refractivity contribution in [2.45, 2.75) is 42.7 Å². The largest absolute Gasteiger partial charge is 0.217 e. The Bertz CT molecular complexity index is 834. The first-order chi connectivity index (χ1) is 11.7. The molecule has 6 nitrogen and oxygen atoms in total. The number of sulfonamides is 2. The zero-order valence-corrected chi connectivity index (χ0v) is 15.1. The molecule has 1 saturated carbocycles. The van der Waals surface area contributed by atoms with Gasteiger partial charge in [-0.3, -0.25) is 0 Å². The Balaban J connectivity index is 1.68. The molecule has 25 heavy (non-hydrogen) atoms. The highest BCUT2D eigenvalue weighted by molar-refractivity contribution is 7.90. The maximum atomic E-state index is 13.7. The van der Waals surface area contributed by atoms with Crippen LogP contribution in [0.2, 0.25) is 0 Å². The first kappa shape index (κ1) is 18.7. The minimum absolute atomic E-state index is 0.0534. The lowest BCUT2D eigenvalue weighted by molar-refractivity contribution is 0.303. The lowest BCUT2D eigenvalue weighted by Crippen LogP contribution is -2.50. The molecule has 3 rings (SSSR count). The second-order valence-corrected chi connectivity index (χ2v) is 10.5. The van der Waals surface area contributed by atoms with Crippen LogP contribution < -0.4 is 4.72 Å². The zero-order valence-electron chi connectivity index (χ0n) is 13.5. The number of halogens is 2. The number of benzene rings is 1. The predicted octanol–water partition coefficient (Wildman–Crippen LogP) is 1.34. The maximum absolute atomic E-state index is 13.7. The van der Waals surface area contributed by atoms with Crippen molar-refractivity contribution in [1.29, 1.82) is 0 Å². The summed E-state index contributed by atoms with van der Waals surface area (Å²) in [7, 11) is -7.38. The molecule has 1 heterocycles. The average molecular weight is 394 g/mol. The van der Waals surface area contributed by atoms with Crippen molar-refractivity contribution < 1.29 is 25.6 Å². The van der Waals surface area contributed by atoms with Gasteiger partial charge >= 0.3 is 0 Å². The van der Waals surface area contributed by atoms with E-state index >= 15 is 0 Å². The second kappa shape index (κ2) is 6.90. The number of hydrogen-bond acceptors (Lipinski definition) is 4. The lowest BCUT2D eigenvalue weighted by atomic mass is 10.1. The fourth-order valence-corrected chi connectivity index (χ4v) is 6.37. The maximum Gasteiger partial charge on any atom is 0.217 e. The summed E-state index contributed by atoms with van der Waals surface area (Å²) in [5.74, 6) is -2.67. The summed E-state index contributed by atoms with van der Waals surface area (Å²) in [6.45, 7) is 0.427. The van der Waals surface area contributed by atoms with Gasteiger partial charge in [-0.05, 0) is 37.8 Å². The third kappa shape index (κ3) is 4.36. The van der Waals surface area contributed by atoms with E-state index in [2.05, 4.69) is 4.72 Å². The standard InChI is InChI=1S/C15H20F2N2O4S2/c16-14-4-1-5-15(17)13(14)10-24(20,21)18-11-3-2-8-19(9-11)25(22,23)12-6-7-12/h1,4-5,11-12,18H,2-3,6-10H2/t11-/m1/s1. The Morgan fingerprint density at radius 2 is 1.72 bits per heavy atom. The molecular formula is C15H20F2N2O4S2. The van der Waals surface area contributed by atoms with Crippen LogP contribution in [0.4, 0.5) is 8.78 Å². The van der Waals surface area contributed by atoms with Crippen LogP contribution in [0.3, 0.4) is 0 Å². The number of piperidine rings is 1. The van der Waals surface area contributed by atoms with Crippen molar-refractivity contribution in [1.82, 2.24) is 9.03 Å². The van der Waals surface area contributed by atoms with E-state index in [1.807, 2.05) is 0 Å². The first-order valence-corrected chi connectivity index (χ1v) is 11.3. The van der Waals surface area contributed by atoms with Gasteiger partial charge in [-0.1, -0.05) is 6.07 Å². The molecule has 0 bridgehead atoms.